The first kappa shape index (κ1) is 13.6. The number of benzene rings is 1. The molecule has 19 heavy (non-hydrogen) atoms. The highest BCUT2D eigenvalue weighted by atomic mass is 16.4. The molecule has 0 radical (unpaired) electrons. The number of carboxylic acid groups (broad SMARTS) is 1. The van der Waals surface area contributed by atoms with Crippen molar-refractivity contribution >= 4 is 16.9 Å². The minimum absolute atomic E-state index is 0.0157. The molecule has 102 valence electrons. The number of para-hydroxylation sites is 1. The number of aliphatic hydroxyl groups is 1. The molecule has 0 bridgehead atoms. The summed E-state index contributed by atoms with van der Waals surface area (Å²) >= 11 is 0. The summed E-state index contributed by atoms with van der Waals surface area (Å²) in [5.41, 5.74) is 5.49. The van der Waals surface area contributed by atoms with E-state index in [1.807, 2.05) is 24.3 Å². The highest BCUT2D eigenvalue weighted by Gasteiger charge is 2.37. The maximum atomic E-state index is 11.3. The zero-order valence-corrected chi connectivity index (χ0v) is 10.8. The van der Waals surface area contributed by atoms with Gasteiger partial charge in [-0.05, 0) is 18.6 Å². The van der Waals surface area contributed by atoms with Crippen molar-refractivity contribution in [2.75, 3.05) is 0 Å². The number of hydrogen-bond donors (Lipinski definition) is 4. The van der Waals surface area contributed by atoms with E-state index in [-0.39, 0.29) is 18.9 Å². The fraction of sp³-hybridized carbons (Fsp3) is 0.357. The summed E-state index contributed by atoms with van der Waals surface area (Å²) in [6.07, 6.45) is 1.79. The number of aliphatic carboxylic acids is 1. The van der Waals surface area contributed by atoms with E-state index in [9.17, 15) is 15.0 Å². The summed E-state index contributed by atoms with van der Waals surface area (Å²) in [6.45, 7) is 1.68. The second kappa shape index (κ2) is 5.03. The van der Waals surface area contributed by atoms with Gasteiger partial charge in [-0.15, -0.1) is 0 Å². The normalized spacial score (nSPS) is 16.2. The lowest BCUT2D eigenvalue weighted by molar-refractivity contribution is -0.159. The van der Waals surface area contributed by atoms with Gasteiger partial charge in [-0.1, -0.05) is 18.2 Å². The highest BCUT2D eigenvalue weighted by molar-refractivity contribution is 5.85. The van der Waals surface area contributed by atoms with Gasteiger partial charge in [-0.25, -0.2) is 4.79 Å². The average molecular weight is 262 g/mol. The van der Waals surface area contributed by atoms with Gasteiger partial charge in [-0.3, -0.25) is 0 Å². The van der Waals surface area contributed by atoms with Crippen LogP contribution < -0.4 is 5.73 Å². The fourth-order valence-electron chi connectivity index (χ4n) is 2.36. The van der Waals surface area contributed by atoms with Gasteiger partial charge >= 0.3 is 5.97 Å². The maximum absolute atomic E-state index is 11.3. The van der Waals surface area contributed by atoms with E-state index in [0.29, 0.717) is 0 Å². The van der Waals surface area contributed by atoms with Crippen molar-refractivity contribution in [3.05, 3.63) is 36.0 Å². The van der Waals surface area contributed by atoms with E-state index >= 15 is 0 Å². The van der Waals surface area contributed by atoms with Crippen LogP contribution in [0.15, 0.2) is 30.5 Å². The number of carbonyl (C=O) groups is 1. The molecule has 0 saturated heterocycles. The van der Waals surface area contributed by atoms with Crippen LogP contribution in [-0.2, 0) is 11.2 Å². The SMILES string of the molecule is C[C@@H](N)C[C@@](O)(Cc1c[nH]c2ccccc12)C(=O)O. The number of fused-ring (bicyclic) bond motifs is 1. The van der Waals surface area contributed by atoms with Gasteiger partial charge in [0.25, 0.3) is 0 Å². The third-order valence-electron chi connectivity index (χ3n) is 3.22. The predicted molar refractivity (Wildman–Crippen MR) is 72.9 cm³/mol. The van der Waals surface area contributed by atoms with E-state index in [4.69, 9.17) is 5.73 Å². The van der Waals surface area contributed by atoms with Crippen LogP contribution in [0.4, 0.5) is 0 Å². The van der Waals surface area contributed by atoms with E-state index in [0.717, 1.165) is 16.5 Å². The lowest BCUT2D eigenvalue weighted by Gasteiger charge is -2.25. The van der Waals surface area contributed by atoms with Crippen LogP contribution in [0, 0.1) is 0 Å². The number of rotatable bonds is 5. The molecule has 0 aliphatic heterocycles. The van der Waals surface area contributed by atoms with Crippen LogP contribution >= 0.6 is 0 Å². The Labute approximate surface area is 111 Å². The molecular formula is C14H18N2O3. The molecule has 1 aromatic carbocycles. The minimum Gasteiger partial charge on any atom is -0.479 e. The number of aromatic amines is 1. The van der Waals surface area contributed by atoms with Gasteiger partial charge in [-0.2, -0.15) is 0 Å². The maximum Gasteiger partial charge on any atom is 0.336 e. The molecular weight excluding hydrogens is 244 g/mol. The molecule has 0 fully saturated rings. The molecule has 5 nitrogen and oxygen atoms in total. The summed E-state index contributed by atoms with van der Waals surface area (Å²) < 4.78 is 0. The molecule has 0 saturated carbocycles. The Morgan fingerprint density at radius 2 is 2.16 bits per heavy atom. The first-order valence-electron chi connectivity index (χ1n) is 6.19. The van der Waals surface area contributed by atoms with Crippen LogP contribution in [0.25, 0.3) is 10.9 Å². The summed E-state index contributed by atoms with van der Waals surface area (Å²) in [5.74, 6) is -1.24. The van der Waals surface area contributed by atoms with Crippen molar-refractivity contribution in [2.45, 2.75) is 31.4 Å². The predicted octanol–water partition coefficient (Wildman–Crippen LogP) is 1.26. The molecule has 5 heteroatoms. The number of carboxylic acids is 1. The van der Waals surface area contributed by atoms with Crippen LogP contribution in [0.3, 0.4) is 0 Å². The minimum atomic E-state index is -1.83. The van der Waals surface area contributed by atoms with E-state index in [2.05, 4.69) is 4.98 Å². The Kier molecular flexibility index (Phi) is 3.59. The van der Waals surface area contributed by atoms with Crippen molar-refractivity contribution in [3.63, 3.8) is 0 Å². The van der Waals surface area contributed by atoms with Crippen molar-refractivity contribution in [3.8, 4) is 0 Å². The molecule has 0 aliphatic carbocycles. The third-order valence-corrected chi connectivity index (χ3v) is 3.22. The molecule has 2 aromatic rings. The molecule has 1 heterocycles. The highest BCUT2D eigenvalue weighted by Crippen LogP contribution is 2.25. The van der Waals surface area contributed by atoms with Gasteiger partial charge in [0.2, 0.25) is 0 Å². The number of nitrogens with two attached hydrogens (primary N) is 1. The Hall–Kier alpha value is -1.85. The Morgan fingerprint density at radius 3 is 2.79 bits per heavy atom. The van der Waals surface area contributed by atoms with Crippen LogP contribution in [0.1, 0.15) is 18.9 Å². The zero-order chi connectivity index (χ0) is 14.0. The summed E-state index contributed by atoms with van der Waals surface area (Å²) in [7, 11) is 0. The standard InChI is InChI=1S/C14H18N2O3/c1-9(15)6-14(19,13(17)18)7-10-8-16-12-5-3-2-4-11(10)12/h2-5,8-9,16,19H,6-7,15H2,1H3,(H,17,18)/t9-,14-/m1/s1. The van der Waals surface area contributed by atoms with Gasteiger partial charge in [0.1, 0.15) is 0 Å². The number of hydrogen-bond acceptors (Lipinski definition) is 3. The summed E-state index contributed by atoms with van der Waals surface area (Å²) in [6, 6.07) is 7.20. The quantitative estimate of drug-likeness (QED) is 0.652. The molecule has 0 unspecified atom stereocenters. The average Bonchev–Trinajstić information content (AvgIpc) is 2.71. The topological polar surface area (TPSA) is 99.3 Å². The lowest BCUT2D eigenvalue weighted by Crippen LogP contribution is -2.45. The molecule has 1 aromatic heterocycles. The van der Waals surface area contributed by atoms with Gasteiger partial charge in [0, 0.05) is 36.0 Å². The van der Waals surface area contributed by atoms with Crippen LogP contribution in [0.5, 0.6) is 0 Å². The molecule has 0 amide bonds. The molecule has 2 atom stereocenters. The second-order valence-electron chi connectivity index (χ2n) is 5.05. The fourth-order valence-corrected chi connectivity index (χ4v) is 2.36. The third kappa shape index (κ3) is 2.77. The summed E-state index contributed by atoms with van der Waals surface area (Å²) in [5, 5.41) is 20.5. The van der Waals surface area contributed by atoms with Crippen molar-refractivity contribution in [1.29, 1.82) is 0 Å². The smallest absolute Gasteiger partial charge is 0.336 e. The van der Waals surface area contributed by atoms with Crippen molar-refractivity contribution < 1.29 is 15.0 Å². The molecule has 5 N–H and O–H groups in total. The van der Waals surface area contributed by atoms with E-state index in [1.165, 1.54) is 0 Å². The first-order chi connectivity index (χ1) is 8.92. The Balaban J connectivity index is 2.34. The first-order valence-corrected chi connectivity index (χ1v) is 6.19. The van der Waals surface area contributed by atoms with Crippen molar-refractivity contribution in [1.82, 2.24) is 4.98 Å². The summed E-state index contributed by atoms with van der Waals surface area (Å²) in [4.78, 5) is 14.4. The zero-order valence-electron chi connectivity index (χ0n) is 10.8. The van der Waals surface area contributed by atoms with Crippen LogP contribution in [-0.4, -0.2) is 32.8 Å². The molecule has 0 aliphatic rings. The molecule has 2 rings (SSSR count). The number of nitrogens with one attached hydrogen (secondary N) is 1. The monoisotopic (exact) mass is 262 g/mol. The van der Waals surface area contributed by atoms with E-state index < -0.39 is 11.6 Å². The van der Waals surface area contributed by atoms with Gasteiger partial charge < -0.3 is 20.9 Å². The van der Waals surface area contributed by atoms with Crippen molar-refractivity contribution in [2.24, 2.45) is 5.73 Å². The molecule has 0 spiro atoms. The van der Waals surface area contributed by atoms with E-state index in [1.54, 1.807) is 13.1 Å². The largest absolute Gasteiger partial charge is 0.479 e. The van der Waals surface area contributed by atoms with Crippen LogP contribution in [0.2, 0.25) is 0 Å². The van der Waals surface area contributed by atoms with Gasteiger partial charge in [0.15, 0.2) is 5.60 Å². The Morgan fingerprint density at radius 1 is 1.47 bits per heavy atom. The Bertz CT molecular complexity index is 591. The second-order valence-corrected chi connectivity index (χ2v) is 5.05. The number of aromatic nitrogens is 1. The lowest BCUT2D eigenvalue weighted by atomic mass is 9.88. The number of H-pyrrole nitrogens is 1. The van der Waals surface area contributed by atoms with Gasteiger partial charge in [0.05, 0.1) is 0 Å².